The van der Waals surface area contributed by atoms with Gasteiger partial charge < -0.3 is 0 Å². The third-order valence-corrected chi connectivity index (χ3v) is 1.89. The van der Waals surface area contributed by atoms with E-state index in [-0.39, 0.29) is 0 Å². The summed E-state index contributed by atoms with van der Waals surface area (Å²) in [6, 6.07) is 0. The van der Waals surface area contributed by atoms with Gasteiger partial charge in [-0.1, -0.05) is 37.1 Å². The molecular formula is C12H21. The van der Waals surface area contributed by atoms with E-state index in [1.807, 2.05) is 6.92 Å². The molecule has 0 aromatic carbocycles. The standard InChI is InChI=1S/C12H21/c1-4-6-7-8-9-11-12(3)10-5-2/h6,11H,5,7-10H2,1-3H3. The summed E-state index contributed by atoms with van der Waals surface area (Å²) in [7, 11) is 0. The van der Waals surface area contributed by atoms with E-state index >= 15 is 0 Å². The molecule has 0 aromatic rings. The Hall–Kier alpha value is -0.520. The van der Waals surface area contributed by atoms with E-state index in [4.69, 9.17) is 0 Å². The van der Waals surface area contributed by atoms with Gasteiger partial charge in [0.05, 0.1) is 0 Å². The van der Waals surface area contributed by atoms with Crippen molar-refractivity contribution in [2.24, 2.45) is 0 Å². The number of hydrogen-bond donors (Lipinski definition) is 0. The molecule has 0 nitrogen and oxygen atoms in total. The Morgan fingerprint density at radius 1 is 1.33 bits per heavy atom. The largest absolute Gasteiger partial charge is 0.0856 e. The summed E-state index contributed by atoms with van der Waals surface area (Å²) in [5.74, 6) is 0. The lowest BCUT2D eigenvalue weighted by atomic mass is 10.1. The molecule has 0 bridgehead atoms. The average molecular weight is 165 g/mol. The topological polar surface area (TPSA) is 0 Å². The Kier molecular flexibility index (Phi) is 8.20. The Morgan fingerprint density at radius 3 is 2.67 bits per heavy atom. The van der Waals surface area contributed by atoms with Crippen LogP contribution in [-0.4, -0.2) is 0 Å². The van der Waals surface area contributed by atoms with Crippen molar-refractivity contribution in [2.75, 3.05) is 0 Å². The van der Waals surface area contributed by atoms with Crippen LogP contribution in [0.25, 0.3) is 0 Å². The first-order chi connectivity index (χ1) is 5.81. The van der Waals surface area contributed by atoms with Crippen LogP contribution in [0.3, 0.4) is 0 Å². The SMILES string of the molecule is C[C]=CCCCC=C(C)CCC. The summed E-state index contributed by atoms with van der Waals surface area (Å²) < 4.78 is 0. The fraction of sp³-hybridized carbons (Fsp3) is 0.667. The van der Waals surface area contributed by atoms with Gasteiger partial charge in [-0.25, -0.2) is 0 Å². The van der Waals surface area contributed by atoms with Gasteiger partial charge in [-0.3, -0.25) is 0 Å². The Balaban J connectivity index is 3.33. The summed E-state index contributed by atoms with van der Waals surface area (Å²) in [5.41, 5.74) is 1.54. The maximum Gasteiger partial charge on any atom is -0.0326 e. The van der Waals surface area contributed by atoms with Crippen molar-refractivity contribution < 1.29 is 0 Å². The van der Waals surface area contributed by atoms with Gasteiger partial charge in [0.25, 0.3) is 0 Å². The highest BCUT2D eigenvalue weighted by atomic mass is 13.9. The third-order valence-electron chi connectivity index (χ3n) is 1.89. The van der Waals surface area contributed by atoms with Crippen LogP contribution in [0.2, 0.25) is 0 Å². The van der Waals surface area contributed by atoms with Crippen molar-refractivity contribution in [3.8, 4) is 0 Å². The molecule has 0 aliphatic carbocycles. The number of rotatable bonds is 6. The lowest BCUT2D eigenvalue weighted by molar-refractivity contribution is 0.838. The predicted molar refractivity (Wildman–Crippen MR) is 56.0 cm³/mol. The molecule has 0 heterocycles. The van der Waals surface area contributed by atoms with Gasteiger partial charge in [-0.05, 0) is 39.5 Å². The van der Waals surface area contributed by atoms with Crippen molar-refractivity contribution in [3.63, 3.8) is 0 Å². The number of hydrogen-bond acceptors (Lipinski definition) is 0. The fourth-order valence-corrected chi connectivity index (χ4v) is 1.21. The summed E-state index contributed by atoms with van der Waals surface area (Å²) in [6.45, 7) is 6.41. The number of allylic oxidation sites excluding steroid dienone is 4. The minimum absolute atomic E-state index is 1.17. The average Bonchev–Trinajstić information content (AvgIpc) is 2.05. The van der Waals surface area contributed by atoms with Gasteiger partial charge in [0.2, 0.25) is 0 Å². The van der Waals surface area contributed by atoms with Crippen molar-refractivity contribution in [2.45, 2.75) is 52.9 Å². The Morgan fingerprint density at radius 2 is 2.08 bits per heavy atom. The molecule has 0 heteroatoms. The monoisotopic (exact) mass is 165 g/mol. The fourth-order valence-electron chi connectivity index (χ4n) is 1.21. The minimum atomic E-state index is 1.17. The smallest absolute Gasteiger partial charge is 0.0326 e. The van der Waals surface area contributed by atoms with Gasteiger partial charge in [0.15, 0.2) is 0 Å². The van der Waals surface area contributed by atoms with Gasteiger partial charge in [-0.2, -0.15) is 0 Å². The zero-order valence-corrected chi connectivity index (χ0v) is 8.69. The molecule has 0 amide bonds. The molecule has 1 radical (unpaired) electrons. The molecule has 0 aliphatic rings. The molecule has 69 valence electrons. The lowest BCUT2D eigenvalue weighted by Gasteiger charge is -1.96. The first-order valence-corrected chi connectivity index (χ1v) is 4.95. The van der Waals surface area contributed by atoms with Crippen LogP contribution in [0.1, 0.15) is 52.9 Å². The maximum atomic E-state index is 3.04. The normalized spacial score (nSPS) is 12.8. The van der Waals surface area contributed by atoms with Crippen LogP contribution in [-0.2, 0) is 0 Å². The molecule has 12 heavy (non-hydrogen) atoms. The number of unbranched alkanes of at least 4 members (excludes halogenated alkanes) is 2. The second-order valence-corrected chi connectivity index (χ2v) is 3.22. The molecular weight excluding hydrogens is 144 g/mol. The summed E-state index contributed by atoms with van der Waals surface area (Å²) >= 11 is 0. The zero-order valence-electron chi connectivity index (χ0n) is 8.69. The quantitative estimate of drug-likeness (QED) is 0.407. The summed E-state index contributed by atoms with van der Waals surface area (Å²) in [4.78, 5) is 0. The van der Waals surface area contributed by atoms with Crippen LogP contribution >= 0.6 is 0 Å². The molecule has 0 aliphatic heterocycles. The molecule has 0 N–H and O–H groups in total. The molecule has 0 rings (SSSR count). The van der Waals surface area contributed by atoms with Gasteiger partial charge >= 0.3 is 0 Å². The highest BCUT2D eigenvalue weighted by Crippen LogP contribution is 2.06. The molecule has 0 unspecified atom stereocenters. The van der Waals surface area contributed by atoms with Crippen molar-refractivity contribution in [1.29, 1.82) is 0 Å². The molecule has 0 spiro atoms. The Bertz CT molecular complexity index is 140. The van der Waals surface area contributed by atoms with Gasteiger partial charge in [0, 0.05) is 0 Å². The van der Waals surface area contributed by atoms with Crippen molar-refractivity contribution >= 4 is 0 Å². The van der Waals surface area contributed by atoms with E-state index in [0.29, 0.717) is 0 Å². The van der Waals surface area contributed by atoms with Crippen LogP contribution in [0, 0.1) is 6.08 Å². The molecule has 0 saturated carbocycles. The van der Waals surface area contributed by atoms with Crippen molar-refractivity contribution in [1.82, 2.24) is 0 Å². The van der Waals surface area contributed by atoms with Gasteiger partial charge in [0.1, 0.15) is 0 Å². The minimum Gasteiger partial charge on any atom is -0.0856 e. The lowest BCUT2D eigenvalue weighted by Crippen LogP contribution is -1.76. The highest BCUT2D eigenvalue weighted by molar-refractivity contribution is 4.97. The van der Waals surface area contributed by atoms with E-state index < -0.39 is 0 Å². The third kappa shape index (κ3) is 7.59. The molecule has 0 aromatic heterocycles. The van der Waals surface area contributed by atoms with Crippen LogP contribution in [0.15, 0.2) is 17.7 Å². The van der Waals surface area contributed by atoms with E-state index in [1.165, 1.54) is 32.1 Å². The van der Waals surface area contributed by atoms with Gasteiger partial charge in [-0.15, -0.1) is 0 Å². The molecule has 0 fully saturated rings. The van der Waals surface area contributed by atoms with E-state index in [2.05, 4.69) is 32.1 Å². The highest BCUT2D eigenvalue weighted by Gasteiger charge is 1.86. The molecule has 0 saturated heterocycles. The predicted octanol–water partition coefficient (Wildman–Crippen LogP) is 4.28. The van der Waals surface area contributed by atoms with E-state index in [9.17, 15) is 0 Å². The second-order valence-electron chi connectivity index (χ2n) is 3.22. The van der Waals surface area contributed by atoms with Crippen LogP contribution in [0.4, 0.5) is 0 Å². The first kappa shape index (κ1) is 11.5. The van der Waals surface area contributed by atoms with Crippen molar-refractivity contribution in [3.05, 3.63) is 23.8 Å². The maximum absolute atomic E-state index is 3.04. The van der Waals surface area contributed by atoms with E-state index in [1.54, 1.807) is 5.57 Å². The summed E-state index contributed by atoms with van der Waals surface area (Å²) in [5, 5.41) is 0. The van der Waals surface area contributed by atoms with Crippen LogP contribution in [0.5, 0.6) is 0 Å². The Labute approximate surface area is 77.4 Å². The zero-order chi connectivity index (χ0) is 9.23. The first-order valence-electron chi connectivity index (χ1n) is 4.95. The second kappa shape index (κ2) is 8.58. The van der Waals surface area contributed by atoms with Crippen LogP contribution < -0.4 is 0 Å². The summed E-state index contributed by atoms with van der Waals surface area (Å²) in [6.07, 6.45) is 13.7. The molecule has 0 atom stereocenters. The van der Waals surface area contributed by atoms with E-state index in [0.717, 1.165) is 0 Å².